The molecule has 2 heterocycles. The number of amides is 1. The molecule has 10 heteroatoms. The summed E-state index contributed by atoms with van der Waals surface area (Å²) in [6.45, 7) is 1.50. The Labute approximate surface area is 284 Å². The number of benzene rings is 4. The predicted molar refractivity (Wildman–Crippen MR) is 184 cm³/mol. The Bertz CT molecular complexity index is 1900. The molecule has 1 aliphatic rings. The number of aromatic nitrogens is 2. The fourth-order valence-electron chi connectivity index (χ4n) is 6.20. The third kappa shape index (κ3) is 7.15. The van der Waals surface area contributed by atoms with Crippen molar-refractivity contribution in [3.63, 3.8) is 0 Å². The highest BCUT2D eigenvalue weighted by atomic mass is 16.6. The Morgan fingerprint density at radius 1 is 0.816 bits per heavy atom. The van der Waals surface area contributed by atoms with Gasteiger partial charge in [0.1, 0.15) is 34.9 Å². The van der Waals surface area contributed by atoms with Crippen LogP contribution in [0.15, 0.2) is 126 Å². The van der Waals surface area contributed by atoms with E-state index in [-0.39, 0.29) is 30.3 Å². The van der Waals surface area contributed by atoms with Crippen LogP contribution in [-0.4, -0.2) is 47.7 Å². The number of Topliss-reactive ketones (excluding diaryl/α,β-unsaturated/α-hetero) is 1. The molecule has 5 aromatic rings. The van der Waals surface area contributed by atoms with Crippen LogP contribution < -0.4 is 20.5 Å². The molecule has 4 aromatic carbocycles. The summed E-state index contributed by atoms with van der Waals surface area (Å²) >= 11 is 0. The van der Waals surface area contributed by atoms with Crippen LogP contribution >= 0.6 is 0 Å². The number of nitrogens with one attached hydrogen (secondary N) is 1. The molecule has 0 bridgehead atoms. The Balaban J connectivity index is 1.38. The summed E-state index contributed by atoms with van der Waals surface area (Å²) in [5.74, 6) is 1.03. The lowest BCUT2D eigenvalue weighted by molar-refractivity contribution is -0.125. The summed E-state index contributed by atoms with van der Waals surface area (Å²) in [7, 11) is 3.23. The molecule has 250 valence electrons. The van der Waals surface area contributed by atoms with Crippen molar-refractivity contribution in [1.29, 1.82) is 0 Å². The molecule has 1 N–H and O–H groups in total. The van der Waals surface area contributed by atoms with Gasteiger partial charge in [-0.2, -0.15) is 4.98 Å². The van der Waals surface area contributed by atoms with Crippen LogP contribution in [0.25, 0.3) is 0 Å². The third-order valence-electron chi connectivity index (χ3n) is 8.59. The average molecular weight is 660 g/mol. The van der Waals surface area contributed by atoms with Gasteiger partial charge in [-0.15, -0.1) is 0 Å². The summed E-state index contributed by atoms with van der Waals surface area (Å²) < 4.78 is 26.0. The van der Waals surface area contributed by atoms with Crippen LogP contribution in [-0.2, 0) is 19.9 Å². The minimum Gasteiger partial charge on any atom is -0.497 e. The molecule has 6 rings (SSSR count). The summed E-state index contributed by atoms with van der Waals surface area (Å²) in [5, 5.41) is 2.67. The summed E-state index contributed by atoms with van der Waals surface area (Å²) in [6.07, 6.45) is -0.242. The van der Waals surface area contributed by atoms with Crippen molar-refractivity contribution < 1.29 is 28.5 Å². The molecule has 1 fully saturated rings. The molecule has 1 amide bonds. The average Bonchev–Trinajstić information content (AvgIpc) is 3.52. The highest BCUT2D eigenvalue weighted by Crippen LogP contribution is 2.46. The number of carbonyl (C=O) groups excluding carboxylic acids is 2. The number of anilines is 1. The molecule has 0 saturated carbocycles. The lowest BCUT2D eigenvalue weighted by Gasteiger charge is -2.39. The molecule has 0 spiro atoms. The standard InChI is InChI=1S/C39H37N3O7/c1-26(43)24-33-34(25-36(48-33)42-23-22-35(41-38(42)45)40-37(44)27-10-6-4-7-11-27)49-39(28-12-8-5-9-13-28,29-14-18-31(46-2)19-15-29)30-16-20-32(47-3)21-17-30/h4-23,33-34,36H,24-25H2,1-3H3,(H,40,41,44,45)/t33-,34?,36-/m1/s1. The van der Waals surface area contributed by atoms with Crippen molar-refractivity contribution in [2.45, 2.75) is 43.8 Å². The number of hydrogen-bond donors (Lipinski definition) is 1. The Hall–Kier alpha value is -5.58. The van der Waals surface area contributed by atoms with E-state index >= 15 is 0 Å². The van der Waals surface area contributed by atoms with E-state index in [1.54, 1.807) is 44.6 Å². The molecule has 1 aromatic heterocycles. The van der Waals surface area contributed by atoms with E-state index in [2.05, 4.69) is 10.3 Å². The zero-order valence-corrected chi connectivity index (χ0v) is 27.4. The zero-order valence-electron chi connectivity index (χ0n) is 27.4. The van der Waals surface area contributed by atoms with Crippen LogP contribution in [0.2, 0.25) is 0 Å². The number of ether oxygens (including phenoxy) is 4. The molecule has 0 radical (unpaired) electrons. The minimum absolute atomic E-state index is 0.0741. The van der Waals surface area contributed by atoms with E-state index in [9.17, 15) is 14.4 Å². The fourth-order valence-corrected chi connectivity index (χ4v) is 6.20. The first kappa shape index (κ1) is 33.3. The number of ketones is 1. The maximum atomic E-state index is 13.3. The van der Waals surface area contributed by atoms with Crippen LogP contribution in [0, 0.1) is 0 Å². The molecular weight excluding hydrogens is 622 g/mol. The number of methoxy groups -OCH3 is 2. The van der Waals surface area contributed by atoms with Gasteiger partial charge in [0.2, 0.25) is 0 Å². The van der Waals surface area contributed by atoms with Crippen molar-refractivity contribution in [1.82, 2.24) is 9.55 Å². The highest BCUT2D eigenvalue weighted by Gasteiger charge is 2.46. The van der Waals surface area contributed by atoms with Gasteiger partial charge in [-0.3, -0.25) is 14.2 Å². The van der Waals surface area contributed by atoms with Crippen LogP contribution in [0.1, 0.15) is 53.0 Å². The topological polar surface area (TPSA) is 118 Å². The second-order valence-corrected chi connectivity index (χ2v) is 11.8. The first-order valence-corrected chi connectivity index (χ1v) is 15.9. The van der Waals surface area contributed by atoms with Gasteiger partial charge < -0.3 is 24.3 Å². The molecular formula is C39H37N3O7. The maximum Gasteiger partial charge on any atom is 0.351 e. The van der Waals surface area contributed by atoms with Gasteiger partial charge in [0.05, 0.1) is 26.4 Å². The van der Waals surface area contributed by atoms with Crippen LogP contribution in [0.4, 0.5) is 5.82 Å². The number of hydrogen-bond acceptors (Lipinski definition) is 8. The van der Waals surface area contributed by atoms with Gasteiger partial charge in [0, 0.05) is 24.6 Å². The largest absolute Gasteiger partial charge is 0.497 e. The normalized spacial score (nSPS) is 17.3. The van der Waals surface area contributed by atoms with Gasteiger partial charge >= 0.3 is 5.69 Å². The molecule has 1 saturated heterocycles. The first-order valence-electron chi connectivity index (χ1n) is 15.9. The summed E-state index contributed by atoms with van der Waals surface area (Å²) in [5.41, 5.74) is 1.17. The lowest BCUT2D eigenvalue weighted by Crippen LogP contribution is -2.40. The van der Waals surface area contributed by atoms with E-state index in [0.717, 1.165) is 16.7 Å². The Morgan fingerprint density at radius 2 is 1.37 bits per heavy atom. The van der Waals surface area contributed by atoms with Crippen molar-refractivity contribution in [2.75, 3.05) is 19.5 Å². The highest BCUT2D eigenvalue weighted by molar-refractivity contribution is 6.03. The first-order chi connectivity index (χ1) is 23.8. The Kier molecular flexibility index (Phi) is 9.98. The quantitative estimate of drug-likeness (QED) is 0.158. The fraction of sp³-hybridized carbons (Fsp3) is 0.231. The van der Waals surface area contributed by atoms with Crippen molar-refractivity contribution in [2.24, 2.45) is 0 Å². The molecule has 1 aliphatic heterocycles. The van der Waals surface area contributed by atoms with E-state index in [1.165, 1.54) is 17.7 Å². The van der Waals surface area contributed by atoms with E-state index in [0.29, 0.717) is 17.1 Å². The molecule has 0 aliphatic carbocycles. The van der Waals surface area contributed by atoms with Crippen molar-refractivity contribution in [3.05, 3.63) is 154 Å². The lowest BCUT2D eigenvalue weighted by atomic mass is 9.79. The van der Waals surface area contributed by atoms with Crippen molar-refractivity contribution >= 4 is 17.5 Å². The Morgan fingerprint density at radius 3 is 1.90 bits per heavy atom. The SMILES string of the molecule is COc1ccc(C(OC2C[C@H](n3ccc(NC(=O)c4ccccc4)nc3=O)O[C@@H]2CC(C)=O)(c2ccccc2)c2ccc(OC)cc2)cc1. The second-order valence-electron chi connectivity index (χ2n) is 11.8. The summed E-state index contributed by atoms with van der Waals surface area (Å²) in [6, 6.07) is 35.4. The monoisotopic (exact) mass is 659 g/mol. The number of rotatable bonds is 12. The third-order valence-corrected chi connectivity index (χ3v) is 8.59. The van der Waals surface area contributed by atoms with Gasteiger partial charge in [0.25, 0.3) is 5.91 Å². The number of nitrogens with zero attached hydrogens (tertiary/aromatic N) is 2. The maximum absolute atomic E-state index is 13.3. The molecule has 10 nitrogen and oxygen atoms in total. The molecule has 3 atom stereocenters. The van der Waals surface area contributed by atoms with Gasteiger partial charge in [-0.1, -0.05) is 72.8 Å². The van der Waals surface area contributed by atoms with E-state index < -0.39 is 29.7 Å². The van der Waals surface area contributed by atoms with Gasteiger partial charge in [-0.25, -0.2) is 4.79 Å². The summed E-state index contributed by atoms with van der Waals surface area (Å²) in [4.78, 5) is 42.7. The predicted octanol–water partition coefficient (Wildman–Crippen LogP) is 6.16. The van der Waals surface area contributed by atoms with Crippen LogP contribution in [0.5, 0.6) is 11.5 Å². The molecule has 1 unspecified atom stereocenters. The smallest absolute Gasteiger partial charge is 0.351 e. The van der Waals surface area contributed by atoms with E-state index in [1.807, 2.05) is 84.9 Å². The minimum atomic E-state index is -1.16. The van der Waals surface area contributed by atoms with E-state index in [4.69, 9.17) is 18.9 Å². The second kappa shape index (κ2) is 14.7. The van der Waals surface area contributed by atoms with Gasteiger partial charge in [-0.05, 0) is 66.1 Å². The van der Waals surface area contributed by atoms with Crippen molar-refractivity contribution in [3.8, 4) is 11.5 Å². The van der Waals surface area contributed by atoms with Gasteiger partial charge in [0.15, 0.2) is 0 Å². The molecule has 49 heavy (non-hydrogen) atoms. The zero-order chi connectivity index (χ0) is 34.4. The number of carbonyl (C=O) groups is 2. The van der Waals surface area contributed by atoms with Crippen LogP contribution in [0.3, 0.4) is 0 Å².